The Balaban J connectivity index is 2.66. The van der Waals surface area contributed by atoms with Crippen molar-refractivity contribution in [3.05, 3.63) is 56.0 Å². The Bertz CT molecular complexity index is 596. The zero-order valence-corrected chi connectivity index (χ0v) is 12.1. The molecule has 5 heteroatoms. The summed E-state index contributed by atoms with van der Waals surface area (Å²) in [5.74, 6) is 0. The highest BCUT2D eigenvalue weighted by Crippen LogP contribution is 2.41. The second-order valence-corrected chi connectivity index (χ2v) is 5.29. The Labute approximate surface area is 125 Å². The van der Waals surface area contributed by atoms with Gasteiger partial charge in [-0.05, 0) is 23.8 Å². The van der Waals surface area contributed by atoms with Crippen LogP contribution in [0.5, 0.6) is 0 Å². The molecule has 0 heterocycles. The maximum Gasteiger partial charge on any atom is 0.0686 e. The lowest BCUT2D eigenvalue weighted by Crippen LogP contribution is -1.88. The van der Waals surface area contributed by atoms with Gasteiger partial charge in [-0.1, -0.05) is 58.5 Å². The van der Waals surface area contributed by atoms with Crippen LogP contribution in [-0.2, 0) is 6.61 Å². The van der Waals surface area contributed by atoms with Gasteiger partial charge in [-0.3, -0.25) is 0 Å². The first-order chi connectivity index (χ1) is 8.54. The molecule has 18 heavy (non-hydrogen) atoms. The molecule has 0 amide bonds. The second kappa shape index (κ2) is 5.68. The molecule has 0 aliphatic rings. The van der Waals surface area contributed by atoms with Gasteiger partial charge in [-0.15, -0.1) is 0 Å². The molecular weight excluding hydrogens is 314 g/mol. The van der Waals surface area contributed by atoms with E-state index in [2.05, 4.69) is 0 Å². The largest absolute Gasteiger partial charge is 0.392 e. The third-order valence-corrected chi connectivity index (χ3v) is 3.96. The SMILES string of the molecule is OCc1ccc(-c2c(Cl)ccc(Cl)c2Cl)c(Cl)c1. The van der Waals surface area contributed by atoms with Crippen LogP contribution >= 0.6 is 46.4 Å². The molecule has 0 saturated carbocycles. The van der Waals surface area contributed by atoms with Crippen molar-refractivity contribution >= 4 is 46.4 Å². The molecule has 0 fully saturated rings. The number of rotatable bonds is 2. The van der Waals surface area contributed by atoms with E-state index in [0.29, 0.717) is 31.2 Å². The minimum Gasteiger partial charge on any atom is -0.392 e. The maximum atomic E-state index is 9.04. The van der Waals surface area contributed by atoms with E-state index in [4.69, 9.17) is 51.5 Å². The molecule has 1 nitrogen and oxygen atoms in total. The van der Waals surface area contributed by atoms with Crippen LogP contribution in [0.15, 0.2) is 30.3 Å². The molecule has 0 aromatic heterocycles. The van der Waals surface area contributed by atoms with Gasteiger partial charge in [-0.2, -0.15) is 0 Å². The van der Waals surface area contributed by atoms with Crippen LogP contribution in [0.1, 0.15) is 5.56 Å². The van der Waals surface area contributed by atoms with Crippen molar-refractivity contribution in [2.75, 3.05) is 0 Å². The highest BCUT2D eigenvalue weighted by atomic mass is 35.5. The lowest BCUT2D eigenvalue weighted by molar-refractivity contribution is 0.282. The van der Waals surface area contributed by atoms with Crippen molar-refractivity contribution in [2.45, 2.75) is 6.61 Å². The van der Waals surface area contributed by atoms with Crippen LogP contribution in [0.25, 0.3) is 11.1 Å². The van der Waals surface area contributed by atoms with Gasteiger partial charge < -0.3 is 5.11 Å². The lowest BCUT2D eigenvalue weighted by Gasteiger charge is -2.11. The first-order valence-electron chi connectivity index (χ1n) is 5.07. The fourth-order valence-corrected chi connectivity index (χ4v) is 2.66. The average Bonchev–Trinajstić information content (AvgIpc) is 2.36. The number of benzene rings is 2. The number of hydrogen-bond acceptors (Lipinski definition) is 1. The van der Waals surface area contributed by atoms with Gasteiger partial charge >= 0.3 is 0 Å². The average molecular weight is 322 g/mol. The summed E-state index contributed by atoms with van der Waals surface area (Å²) in [7, 11) is 0. The summed E-state index contributed by atoms with van der Waals surface area (Å²) in [6, 6.07) is 8.49. The summed E-state index contributed by atoms with van der Waals surface area (Å²) in [6.45, 7) is -0.0724. The van der Waals surface area contributed by atoms with Crippen LogP contribution in [0.3, 0.4) is 0 Å². The number of aliphatic hydroxyl groups excluding tert-OH is 1. The van der Waals surface area contributed by atoms with Crippen molar-refractivity contribution in [1.82, 2.24) is 0 Å². The highest BCUT2D eigenvalue weighted by Gasteiger charge is 2.14. The van der Waals surface area contributed by atoms with Crippen LogP contribution in [0.4, 0.5) is 0 Å². The van der Waals surface area contributed by atoms with E-state index in [9.17, 15) is 0 Å². The second-order valence-electron chi connectivity index (χ2n) is 3.69. The smallest absolute Gasteiger partial charge is 0.0686 e. The predicted octanol–water partition coefficient (Wildman–Crippen LogP) is 5.46. The van der Waals surface area contributed by atoms with Crippen molar-refractivity contribution in [2.24, 2.45) is 0 Å². The summed E-state index contributed by atoms with van der Waals surface area (Å²) in [5.41, 5.74) is 2.00. The Kier molecular flexibility index (Phi) is 4.41. The minimum absolute atomic E-state index is 0.0724. The zero-order chi connectivity index (χ0) is 13.3. The van der Waals surface area contributed by atoms with Crippen molar-refractivity contribution in [1.29, 1.82) is 0 Å². The molecule has 94 valence electrons. The van der Waals surface area contributed by atoms with Crippen LogP contribution in [0.2, 0.25) is 20.1 Å². The van der Waals surface area contributed by atoms with Gasteiger partial charge in [0.2, 0.25) is 0 Å². The highest BCUT2D eigenvalue weighted by molar-refractivity contribution is 6.46. The summed E-state index contributed by atoms with van der Waals surface area (Å²) in [5, 5.41) is 10.8. The van der Waals surface area contributed by atoms with E-state index in [-0.39, 0.29) is 6.61 Å². The number of halogens is 4. The van der Waals surface area contributed by atoms with Crippen LogP contribution in [0, 0.1) is 0 Å². The standard InChI is InChI=1S/C13H8Cl4O/c14-9-3-4-10(15)13(17)12(9)8-2-1-7(6-18)5-11(8)16/h1-5,18H,6H2. The topological polar surface area (TPSA) is 20.2 Å². The van der Waals surface area contributed by atoms with E-state index in [1.54, 1.807) is 30.3 Å². The van der Waals surface area contributed by atoms with Crippen molar-refractivity contribution < 1.29 is 5.11 Å². The molecular formula is C13H8Cl4O. The molecule has 0 atom stereocenters. The molecule has 0 aliphatic heterocycles. The molecule has 2 aromatic carbocycles. The normalized spacial score (nSPS) is 10.7. The first kappa shape index (κ1) is 14.0. The van der Waals surface area contributed by atoms with E-state index < -0.39 is 0 Å². The van der Waals surface area contributed by atoms with E-state index >= 15 is 0 Å². The molecule has 2 rings (SSSR count). The summed E-state index contributed by atoms with van der Waals surface area (Å²) >= 11 is 24.4. The lowest BCUT2D eigenvalue weighted by atomic mass is 10.0. The third kappa shape index (κ3) is 2.61. The summed E-state index contributed by atoms with van der Waals surface area (Å²) < 4.78 is 0. The first-order valence-corrected chi connectivity index (χ1v) is 6.59. The Hall–Kier alpha value is -0.440. The molecule has 0 saturated heterocycles. The Morgan fingerprint density at radius 2 is 1.50 bits per heavy atom. The third-order valence-electron chi connectivity index (χ3n) is 2.53. The van der Waals surface area contributed by atoms with Gasteiger partial charge in [0.15, 0.2) is 0 Å². The fourth-order valence-electron chi connectivity index (χ4n) is 1.63. The summed E-state index contributed by atoms with van der Waals surface area (Å²) in [4.78, 5) is 0. The number of hydrogen-bond donors (Lipinski definition) is 1. The molecule has 0 aliphatic carbocycles. The fraction of sp³-hybridized carbons (Fsp3) is 0.0769. The van der Waals surface area contributed by atoms with Gasteiger partial charge in [0.25, 0.3) is 0 Å². The Morgan fingerprint density at radius 1 is 0.833 bits per heavy atom. The van der Waals surface area contributed by atoms with Crippen LogP contribution < -0.4 is 0 Å². The molecule has 0 spiro atoms. The Morgan fingerprint density at radius 3 is 2.11 bits per heavy atom. The molecule has 0 unspecified atom stereocenters. The number of aliphatic hydroxyl groups is 1. The van der Waals surface area contributed by atoms with Crippen LogP contribution in [-0.4, -0.2) is 5.11 Å². The van der Waals surface area contributed by atoms with E-state index in [0.717, 1.165) is 5.56 Å². The maximum absolute atomic E-state index is 9.04. The van der Waals surface area contributed by atoms with Gasteiger partial charge in [0, 0.05) is 16.1 Å². The van der Waals surface area contributed by atoms with E-state index in [1.165, 1.54) is 0 Å². The molecule has 2 aromatic rings. The molecule has 0 bridgehead atoms. The van der Waals surface area contributed by atoms with E-state index in [1.807, 2.05) is 0 Å². The van der Waals surface area contributed by atoms with Crippen molar-refractivity contribution in [3.63, 3.8) is 0 Å². The monoisotopic (exact) mass is 320 g/mol. The predicted molar refractivity (Wildman–Crippen MR) is 77.8 cm³/mol. The quantitative estimate of drug-likeness (QED) is 0.728. The molecule has 1 N–H and O–H groups in total. The van der Waals surface area contributed by atoms with Gasteiger partial charge in [-0.25, -0.2) is 0 Å². The molecule has 0 radical (unpaired) electrons. The minimum atomic E-state index is -0.0724. The van der Waals surface area contributed by atoms with Gasteiger partial charge in [0.1, 0.15) is 0 Å². The van der Waals surface area contributed by atoms with Gasteiger partial charge in [0.05, 0.1) is 21.7 Å². The summed E-state index contributed by atoms with van der Waals surface area (Å²) in [6.07, 6.45) is 0. The zero-order valence-electron chi connectivity index (χ0n) is 9.05. The van der Waals surface area contributed by atoms with Crippen molar-refractivity contribution in [3.8, 4) is 11.1 Å².